The SMILES string of the molecule is CN(C)C1COc2c(S(=O)(=O)NC(=O)Nc3c4c(cc5c3CC5)CC4)cnn2C1. The Morgan fingerprint density at radius 3 is 2.48 bits per heavy atom. The molecule has 9 nitrogen and oxygen atoms in total. The van der Waals surface area contributed by atoms with Gasteiger partial charge < -0.3 is 15.0 Å². The van der Waals surface area contributed by atoms with Crippen molar-refractivity contribution in [3.8, 4) is 5.88 Å². The number of nitrogens with zero attached hydrogens (tertiary/aromatic N) is 3. The van der Waals surface area contributed by atoms with Crippen molar-refractivity contribution >= 4 is 21.7 Å². The summed E-state index contributed by atoms with van der Waals surface area (Å²) in [7, 11) is -0.251. The lowest BCUT2D eigenvalue weighted by Gasteiger charge is -2.32. The molecule has 2 amide bonds. The summed E-state index contributed by atoms with van der Waals surface area (Å²) in [5.41, 5.74) is 5.52. The summed E-state index contributed by atoms with van der Waals surface area (Å²) in [4.78, 5) is 14.4. The lowest BCUT2D eigenvalue weighted by molar-refractivity contribution is 0.117. The zero-order valence-corrected chi connectivity index (χ0v) is 17.2. The third-order valence-electron chi connectivity index (χ3n) is 6.06. The molecule has 5 rings (SSSR count). The molecule has 2 N–H and O–H groups in total. The van der Waals surface area contributed by atoms with E-state index < -0.39 is 16.1 Å². The summed E-state index contributed by atoms with van der Waals surface area (Å²) in [5.74, 6) is 0.163. The number of hydrogen-bond donors (Lipinski definition) is 2. The molecular weight excluding hydrogens is 394 g/mol. The number of anilines is 1. The minimum absolute atomic E-state index is 0.101. The van der Waals surface area contributed by atoms with E-state index in [1.165, 1.54) is 22.0 Å². The lowest BCUT2D eigenvalue weighted by Crippen LogP contribution is -2.41. The van der Waals surface area contributed by atoms with Gasteiger partial charge in [-0.3, -0.25) is 0 Å². The van der Waals surface area contributed by atoms with E-state index in [1.54, 1.807) is 0 Å². The number of rotatable bonds is 4. The third kappa shape index (κ3) is 2.98. The van der Waals surface area contributed by atoms with Gasteiger partial charge in [-0.1, -0.05) is 6.07 Å². The number of hydrogen-bond acceptors (Lipinski definition) is 6. The van der Waals surface area contributed by atoms with Crippen LogP contribution < -0.4 is 14.8 Å². The van der Waals surface area contributed by atoms with Crippen LogP contribution in [-0.2, 0) is 42.3 Å². The number of carbonyl (C=O) groups excluding carboxylic acids is 1. The smallest absolute Gasteiger partial charge is 0.333 e. The van der Waals surface area contributed by atoms with Crippen LogP contribution >= 0.6 is 0 Å². The van der Waals surface area contributed by atoms with Crippen molar-refractivity contribution in [2.45, 2.75) is 43.2 Å². The number of aryl methyl sites for hydroxylation is 2. The van der Waals surface area contributed by atoms with Crippen molar-refractivity contribution in [2.24, 2.45) is 0 Å². The van der Waals surface area contributed by atoms with E-state index in [2.05, 4.69) is 21.2 Å². The predicted octanol–water partition coefficient (Wildman–Crippen LogP) is 0.913. The Bertz CT molecular complexity index is 1090. The minimum Gasteiger partial charge on any atom is -0.475 e. The van der Waals surface area contributed by atoms with Crippen LogP contribution in [0.1, 0.15) is 22.3 Å². The first-order valence-corrected chi connectivity index (χ1v) is 11.2. The maximum absolute atomic E-state index is 12.8. The molecule has 0 spiro atoms. The van der Waals surface area contributed by atoms with Crippen LogP contribution in [0.4, 0.5) is 10.5 Å². The molecule has 3 aliphatic rings. The number of urea groups is 1. The minimum atomic E-state index is -4.11. The average molecular weight is 417 g/mol. The van der Waals surface area contributed by atoms with Gasteiger partial charge in [0.25, 0.3) is 10.0 Å². The maximum Gasteiger partial charge on any atom is 0.333 e. The van der Waals surface area contributed by atoms with Crippen molar-refractivity contribution in [3.05, 3.63) is 34.5 Å². The standard InChI is InChI=1S/C19H23N5O4S/c1-23(2)13-9-24-18(28-10-13)16(8-20-24)29(26,27)22-19(25)21-17-14-5-3-11(14)7-12-4-6-15(12)17/h7-8,13H,3-6,9-10H2,1-2H3,(H2,21,22,25). The number of amides is 2. The molecule has 1 aliphatic heterocycles. The quantitative estimate of drug-likeness (QED) is 0.766. The maximum atomic E-state index is 12.8. The van der Waals surface area contributed by atoms with Crippen molar-refractivity contribution in [1.82, 2.24) is 19.4 Å². The topological polar surface area (TPSA) is 106 Å². The molecule has 2 heterocycles. The molecule has 1 unspecified atom stereocenters. The molecule has 10 heteroatoms. The first kappa shape index (κ1) is 18.4. The summed E-state index contributed by atoms with van der Waals surface area (Å²) >= 11 is 0. The highest BCUT2D eigenvalue weighted by Gasteiger charge is 2.33. The lowest BCUT2D eigenvalue weighted by atomic mass is 9.76. The van der Waals surface area contributed by atoms with Crippen molar-refractivity contribution < 1.29 is 17.9 Å². The second kappa shape index (κ2) is 6.46. The number of likely N-dealkylation sites (N-methyl/N-ethyl adjacent to an activating group) is 1. The average Bonchev–Trinajstić information content (AvgIpc) is 3.02. The van der Waals surface area contributed by atoms with Crippen LogP contribution in [-0.4, -0.2) is 55.9 Å². The fourth-order valence-corrected chi connectivity index (χ4v) is 5.08. The van der Waals surface area contributed by atoms with E-state index in [-0.39, 0.29) is 16.8 Å². The fourth-order valence-electron chi connectivity index (χ4n) is 4.09. The zero-order chi connectivity index (χ0) is 20.3. The molecule has 0 radical (unpaired) electrons. The van der Waals surface area contributed by atoms with E-state index in [4.69, 9.17) is 4.74 Å². The molecule has 0 saturated carbocycles. The van der Waals surface area contributed by atoms with E-state index in [0.29, 0.717) is 13.2 Å². The molecule has 0 bridgehead atoms. The van der Waals surface area contributed by atoms with Crippen LogP contribution in [0.2, 0.25) is 0 Å². The second-order valence-electron chi connectivity index (χ2n) is 8.01. The van der Waals surface area contributed by atoms with Crippen molar-refractivity contribution in [1.29, 1.82) is 0 Å². The monoisotopic (exact) mass is 417 g/mol. The number of sulfonamides is 1. The van der Waals surface area contributed by atoms with E-state index >= 15 is 0 Å². The van der Waals surface area contributed by atoms with Gasteiger partial charge in [0.2, 0.25) is 5.88 Å². The van der Waals surface area contributed by atoms with Crippen LogP contribution in [0.25, 0.3) is 0 Å². The second-order valence-corrected chi connectivity index (χ2v) is 9.66. The third-order valence-corrected chi connectivity index (χ3v) is 7.37. The molecule has 2 aromatic rings. The predicted molar refractivity (Wildman–Crippen MR) is 106 cm³/mol. The Labute approximate surface area is 169 Å². The first-order chi connectivity index (χ1) is 13.8. The number of ether oxygens (including phenoxy) is 1. The van der Waals surface area contributed by atoms with E-state index in [9.17, 15) is 13.2 Å². The zero-order valence-electron chi connectivity index (χ0n) is 16.4. The molecule has 1 aromatic heterocycles. The Morgan fingerprint density at radius 1 is 1.21 bits per heavy atom. The first-order valence-electron chi connectivity index (χ1n) is 9.69. The van der Waals surface area contributed by atoms with Crippen LogP contribution in [0.15, 0.2) is 17.2 Å². The summed E-state index contributed by atoms with van der Waals surface area (Å²) < 4.78 is 34.9. The highest BCUT2D eigenvalue weighted by molar-refractivity contribution is 7.90. The highest BCUT2D eigenvalue weighted by Crippen LogP contribution is 2.40. The molecule has 29 heavy (non-hydrogen) atoms. The van der Waals surface area contributed by atoms with E-state index in [0.717, 1.165) is 42.5 Å². The van der Waals surface area contributed by atoms with Gasteiger partial charge in [-0.15, -0.1) is 0 Å². The summed E-state index contributed by atoms with van der Waals surface area (Å²) in [6.45, 7) is 0.877. The molecule has 2 aliphatic carbocycles. The van der Waals surface area contributed by atoms with Crippen LogP contribution in [0.5, 0.6) is 5.88 Å². The summed E-state index contributed by atoms with van der Waals surface area (Å²) in [5, 5.41) is 6.91. The molecular formula is C19H23N5O4S. The van der Waals surface area contributed by atoms with E-state index in [1.807, 2.05) is 19.0 Å². The molecule has 1 atom stereocenters. The Balaban J connectivity index is 1.35. The Hall–Kier alpha value is -2.59. The van der Waals surface area contributed by atoms with Gasteiger partial charge in [-0.2, -0.15) is 5.10 Å². The number of carbonyl (C=O) groups is 1. The van der Waals surface area contributed by atoms with Gasteiger partial charge in [-0.25, -0.2) is 22.6 Å². The van der Waals surface area contributed by atoms with Crippen LogP contribution in [0, 0.1) is 0 Å². The highest BCUT2D eigenvalue weighted by atomic mass is 32.2. The number of aromatic nitrogens is 2. The molecule has 1 aromatic carbocycles. The van der Waals surface area contributed by atoms with Gasteiger partial charge in [-0.05, 0) is 62.0 Å². The summed E-state index contributed by atoms with van der Waals surface area (Å²) in [6.07, 6.45) is 5.05. The number of fused-ring (bicyclic) bond motifs is 3. The van der Waals surface area contributed by atoms with Crippen molar-refractivity contribution in [3.63, 3.8) is 0 Å². The van der Waals surface area contributed by atoms with Gasteiger partial charge in [0.15, 0.2) is 4.90 Å². The van der Waals surface area contributed by atoms with Crippen molar-refractivity contribution in [2.75, 3.05) is 26.0 Å². The summed E-state index contributed by atoms with van der Waals surface area (Å²) in [6, 6.07) is 1.54. The fraction of sp³-hybridized carbons (Fsp3) is 0.474. The normalized spacial score (nSPS) is 19.2. The number of nitrogens with one attached hydrogen (secondary N) is 2. The van der Waals surface area contributed by atoms with Gasteiger partial charge >= 0.3 is 6.03 Å². The number of benzene rings is 1. The molecule has 154 valence electrons. The van der Waals surface area contributed by atoms with Gasteiger partial charge in [0, 0.05) is 5.69 Å². The largest absolute Gasteiger partial charge is 0.475 e. The Kier molecular flexibility index (Phi) is 4.11. The molecule has 0 saturated heterocycles. The van der Waals surface area contributed by atoms with Crippen LogP contribution in [0.3, 0.4) is 0 Å². The molecule has 0 fully saturated rings. The van der Waals surface area contributed by atoms with Gasteiger partial charge in [0.05, 0.1) is 18.8 Å². The van der Waals surface area contributed by atoms with Gasteiger partial charge in [0.1, 0.15) is 6.61 Å². The Morgan fingerprint density at radius 2 is 1.90 bits per heavy atom.